The first-order valence-electron chi connectivity index (χ1n) is 17.1. The highest BCUT2D eigenvalue weighted by Crippen LogP contribution is 2.46. The Morgan fingerprint density at radius 1 is 1.02 bits per heavy atom. The quantitative estimate of drug-likeness (QED) is 0.232. The molecular weight excluding hydrogens is 666 g/mol. The largest absolute Gasteiger partial charge is 0.573 e. The second kappa shape index (κ2) is 11.5. The summed E-state index contributed by atoms with van der Waals surface area (Å²) < 4.78 is 97.8. The highest BCUT2D eigenvalue weighted by Gasteiger charge is 2.50. The first-order chi connectivity index (χ1) is 24.0. The molecule has 4 saturated heterocycles. The normalized spacial score (nSPS) is 27.8. The lowest BCUT2D eigenvalue weighted by Gasteiger charge is -2.43. The molecule has 4 fully saturated rings. The van der Waals surface area contributed by atoms with Gasteiger partial charge < -0.3 is 24.8 Å². The van der Waals surface area contributed by atoms with E-state index in [9.17, 15) is 22.7 Å². The molecule has 50 heavy (non-hydrogen) atoms. The van der Waals surface area contributed by atoms with Crippen molar-refractivity contribution in [2.45, 2.75) is 87.6 Å². The van der Waals surface area contributed by atoms with Crippen molar-refractivity contribution < 1.29 is 40.9 Å². The number of phenols is 1. The number of fused-ring (bicyclic) bond motifs is 7. The van der Waals surface area contributed by atoms with Crippen LogP contribution in [0, 0.1) is 11.6 Å². The Bertz CT molecular complexity index is 2030. The van der Waals surface area contributed by atoms with Crippen molar-refractivity contribution in [3.8, 4) is 28.8 Å². The molecule has 0 saturated carbocycles. The van der Waals surface area contributed by atoms with Gasteiger partial charge in [0.2, 0.25) is 0 Å². The van der Waals surface area contributed by atoms with Crippen LogP contribution < -0.4 is 19.7 Å². The number of nitrogens with zero attached hydrogens (tertiary/aromatic N) is 5. The van der Waals surface area contributed by atoms with E-state index in [4.69, 9.17) is 9.72 Å². The molecule has 0 radical (unpaired) electrons. The number of ether oxygens (including phenoxy) is 2. The summed E-state index contributed by atoms with van der Waals surface area (Å²) in [7, 11) is 0. The number of alkyl halides is 4. The number of phenolic OH excluding ortho intramolecular Hbond substituents is 1. The van der Waals surface area contributed by atoms with Crippen LogP contribution in [-0.2, 0) is 6.42 Å². The summed E-state index contributed by atoms with van der Waals surface area (Å²) in [5, 5.41) is 14.3. The Labute approximate surface area is 282 Å². The van der Waals surface area contributed by atoms with Crippen LogP contribution in [0.5, 0.6) is 17.5 Å². The number of piperazine rings is 1. The molecule has 2 aromatic heterocycles. The van der Waals surface area contributed by atoms with E-state index in [0.717, 1.165) is 56.8 Å². The van der Waals surface area contributed by atoms with Gasteiger partial charge >= 0.3 is 12.4 Å². The highest BCUT2D eigenvalue weighted by atomic mass is 19.4. The van der Waals surface area contributed by atoms with Crippen LogP contribution in [0.1, 0.15) is 50.6 Å². The van der Waals surface area contributed by atoms with Gasteiger partial charge in [-0.2, -0.15) is 9.97 Å². The number of aromatic hydroxyl groups is 1. The number of halogens is 6. The molecule has 15 heteroatoms. The first-order valence-corrected chi connectivity index (χ1v) is 17.1. The number of hydrogen-bond donors (Lipinski definition) is 2. The van der Waals surface area contributed by atoms with Gasteiger partial charge in [-0.1, -0.05) is 6.07 Å². The molecular formula is C35H34F6N6O3. The third-order valence-corrected chi connectivity index (χ3v) is 11.3. The molecule has 0 spiro atoms. The van der Waals surface area contributed by atoms with Crippen molar-refractivity contribution in [2.24, 2.45) is 0 Å². The maximum absolute atomic E-state index is 17.2. The van der Waals surface area contributed by atoms with Crippen LogP contribution in [0.2, 0.25) is 0 Å². The maximum atomic E-state index is 17.2. The first kappa shape index (κ1) is 31.8. The summed E-state index contributed by atoms with van der Waals surface area (Å²) in [4.78, 5) is 18.4. The number of anilines is 1. The average molecular weight is 701 g/mol. The lowest BCUT2D eigenvalue weighted by molar-refractivity contribution is -0.275. The Balaban J connectivity index is 1.25. The summed E-state index contributed by atoms with van der Waals surface area (Å²) in [6.07, 6.45) is -0.470. The van der Waals surface area contributed by atoms with Crippen LogP contribution in [0.3, 0.4) is 0 Å². The fourth-order valence-electron chi connectivity index (χ4n) is 9.25. The van der Waals surface area contributed by atoms with Crippen molar-refractivity contribution in [1.29, 1.82) is 0 Å². The fourth-order valence-corrected chi connectivity index (χ4v) is 9.25. The minimum absolute atomic E-state index is 0.0146. The monoisotopic (exact) mass is 700 g/mol. The summed E-state index contributed by atoms with van der Waals surface area (Å²) in [5.74, 6) is -3.41. The molecule has 2 bridgehead atoms. The predicted molar refractivity (Wildman–Crippen MR) is 171 cm³/mol. The smallest absolute Gasteiger partial charge is 0.508 e. The molecule has 2 N–H and O–H groups in total. The summed E-state index contributed by atoms with van der Waals surface area (Å²) in [5.41, 5.74) is -0.969. The van der Waals surface area contributed by atoms with Crippen molar-refractivity contribution in [3.63, 3.8) is 0 Å². The second-order valence-corrected chi connectivity index (χ2v) is 14.3. The molecule has 7 heterocycles. The standard InChI is InChI=1S/C35H34F6N6O3/c36-18-13-34(9-2-10-46(34)14-18)16-49-33-44-30-27-24(3-1-4-25-23-8-6-19(42-23)15-47(25)32(27)45-33)43-29(28(30)38)21-12-20(48)11-17-5-7-22(37)31(26(17)21)50-35(39,40)41/h5,7,11-12,18-19,23,25,42,48H,1-4,6,8-10,13-16H2/t18-,19-,23+,25-,34+/m1/s1. The van der Waals surface area contributed by atoms with Gasteiger partial charge in [-0.25, -0.2) is 18.2 Å². The average Bonchev–Trinajstić information content (AvgIpc) is 3.73. The number of nitrogens with one attached hydrogen (secondary N) is 1. The van der Waals surface area contributed by atoms with Gasteiger partial charge in [0, 0.05) is 48.6 Å². The maximum Gasteiger partial charge on any atom is 0.573 e. The molecule has 5 atom stereocenters. The molecule has 0 aliphatic carbocycles. The lowest BCUT2D eigenvalue weighted by atomic mass is 9.93. The van der Waals surface area contributed by atoms with E-state index in [1.54, 1.807) is 0 Å². The van der Waals surface area contributed by atoms with E-state index in [2.05, 4.69) is 29.8 Å². The van der Waals surface area contributed by atoms with Crippen molar-refractivity contribution >= 4 is 27.5 Å². The number of aromatic nitrogens is 3. The molecule has 5 aliphatic heterocycles. The van der Waals surface area contributed by atoms with Gasteiger partial charge in [-0.3, -0.25) is 4.90 Å². The zero-order chi connectivity index (χ0) is 34.5. The van der Waals surface area contributed by atoms with E-state index in [0.29, 0.717) is 49.2 Å². The Hall–Kier alpha value is -4.11. The number of hydrogen-bond acceptors (Lipinski definition) is 9. The molecule has 0 amide bonds. The van der Waals surface area contributed by atoms with E-state index in [1.807, 2.05) is 0 Å². The van der Waals surface area contributed by atoms with Crippen LogP contribution in [0.4, 0.5) is 32.2 Å². The number of pyridine rings is 1. The number of aryl methyl sites for hydroxylation is 1. The van der Waals surface area contributed by atoms with Crippen molar-refractivity contribution in [1.82, 2.24) is 25.2 Å². The molecule has 5 aliphatic rings. The molecule has 9 rings (SSSR count). The van der Waals surface area contributed by atoms with Crippen molar-refractivity contribution in [2.75, 3.05) is 31.1 Å². The van der Waals surface area contributed by atoms with E-state index in [-0.39, 0.29) is 47.2 Å². The minimum atomic E-state index is -5.26. The third kappa shape index (κ3) is 5.18. The summed E-state index contributed by atoms with van der Waals surface area (Å²) in [6.45, 7) is 1.80. The molecule has 4 aromatic rings. The van der Waals surface area contributed by atoms with Gasteiger partial charge in [0.05, 0.1) is 16.6 Å². The van der Waals surface area contributed by atoms with Gasteiger partial charge in [0.1, 0.15) is 35.6 Å². The minimum Gasteiger partial charge on any atom is -0.508 e. The number of benzene rings is 2. The Morgan fingerprint density at radius 2 is 1.88 bits per heavy atom. The summed E-state index contributed by atoms with van der Waals surface area (Å²) >= 11 is 0. The third-order valence-electron chi connectivity index (χ3n) is 11.3. The summed E-state index contributed by atoms with van der Waals surface area (Å²) in [6, 6.07) is 4.54. The predicted octanol–water partition coefficient (Wildman–Crippen LogP) is 6.33. The molecule has 264 valence electrons. The highest BCUT2D eigenvalue weighted by molar-refractivity contribution is 6.04. The van der Waals surface area contributed by atoms with Crippen LogP contribution in [-0.4, -0.2) is 87.4 Å². The van der Waals surface area contributed by atoms with Gasteiger partial charge in [-0.05, 0) is 75.1 Å². The van der Waals surface area contributed by atoms with E-state index in [1.165, 1.54) is 6.07 Å². The fraction of sp³-hybridized carbons (Fsp3) is 0.514. The second-order valence-electron chi connectivity index (χ2n) is 14.3. The topological polar surface area (TPSA) is 95.9 Å². The van der Waals surface area contributed by atoms with E-state index < -0.39 is 52.3 Å². The number of rotatable bonds is 5. The molecule has 9 nitrogen and oxygen atoms in total. The van der Waals surface area contributed by atoms with Gasteiger partial charge in [0.25, 0.3) is 0 Å². The lowest BCUT2D eigenvalue weighted by Crippen LogP contribution is -2.58. The van der Waals surface area contributed by atoms with Crippen LogP contribution in [0.15, 0.2) is 24.3 Å². The zero-order valence-electron chi connectivity index (χ0n) is 26.9. The molecule has 2 aromatic carbocycles. The Morgan fingerprint density at radius 3 is 2.72 bits per heavy atom. The SMILES string of the molecule is Oc1cc(-c2nc3c4c(nc(OC[C@@]56CCCN5C[C@H](F)C6)nc4c2F)N2C[C@H]4CC[C@H](N4)[C@H]2CCC3)c2c(OC(F)(F)F)c(F)ccc2c1. The Kier molecular flexibility index (Phi) is 7.29. The van der Waals surface area contributed by atoms with Gasteiger partial charge in [-0.15, -0.1) is 13.2 Å². The van der Waals surface area contributed by atoms with Crippen LogP contribution >= 0.6 is 0 Å². The molecule has 0 unspecified atom stereocenters. The van der Waals surface area contributed by atoms with E-state index >= 15 is 8.78 Å². The van der Waals surface area contributed by atoms with Gasteiger partial charge in [0.15, 0.2) is 17.4 Å². The van der Waals surface area contributed by atoms with Crippen LogP contribution in [0.25, 0.3) is 32.9 Å². The van der Waals surface area contributed by atoms with Crippen molar-refractivity contribution in [3.05, 3.63) is 41.6 Å². The zero-order valence-corrected chi connectivity index (χ0v) is 26.9.